The van der Waals surface area contributed by atoms with Gasteiger partial charge in [-0.1, -0.05) is 11.6 Å². The zero-order chi connectivity index (χ0) is 12.1. The van der Waals surface area contributed by atoms with E-state index in [9.17, 15) is 0 Å². The predicted octanol–water partition coefficient (Wildman–Crippen LogP) is 2.56. The fraction of sp³-hybridized carbons (Fsp3) is 0.615. The van der Waals surface area contributed by atoms with Crippen LogP contribution in [0.3, 0.4) is 0 Å². The lowest BCUT2D eigenvalue weighted by molar-refractivity contribution is 0.374. The Labute approximate surface area is 108 Å². The van der Waals surface area contributed by atoms with Crippen molar-refractivity contribution >= 4 is 17.4 Å². The number of rotatable bonds is 4. The molecule has 1 aromatic rings. The van der Waals surface area contributed by atoms with Gasteiger partial charge in [-0.2, -0.15) is 0 Å². The van der Waals surface area contributed by atoms with E-state index in [-0.39, 0.29) is 0 Å². The summed E-state index contributed by atoms with van der Waals surface area (Å²) < 4.78 is 0. The molecule has 94 valence electrons. The Morgan fingerprint density at radius 3 is 2.88 bits per heavy atom. The maximum Gasteiger partial charge on any atom is 0.147 e. The molecule has 0 unspecified atom stereocenters. The highest BCUT2D eigenvalue weighted by Crippen LogP contribution is 2.24. The number of aromatic nitrogens is 1. The summed E-state index contributed by atoms with van der Waals surface area (Å²) in [6.45, 7) is 6.46. The van der Waals surface area contributed by atoms with Crippen LogP contribution in [0.25, 0.3) is 0 Å². The lowest BCUT2D eigenvalue weighted by Crippen LogP contribution is -2.36. The molecule has 1 aliphatic heterocycles. The number of halogens is 1. The lowest BCUT2D eigenvalue weighted by atomic mass is 9.97. The van der Waals surface area contributed by atoms with E-state index in [1.54, 1.807) is 0 Å². The van der Waals surface area contributed by atoms with Crippen molar-refractivity contribution in [1.82, 2.24) is 10.3 Å². The summed E-state index contributed by atoms with van der Waals surface area (Å²) in [5, 5.41) is 4.15. The van der Waals surface area contributed by atoms with Gasteiger partial charge in [-0.25, -0.2) is 4.98 Å². The van der Waals surface area contributed by atoms with E-state index in [1.165, 1.54) is 12.8 Å². The summed E-state index contributed by atoms with van der Waals surface area (Å²) in [5.41, 5.74) is 0. The molecule has 1 fully saturated rings. The van der Waals surface area contributed by atoms with Gasteiger partial charge in [-0.3, -0.25) is 0 Å². The Balaban J connectivity index is 2.03. The summed E-state index contributed by atoms with van der Waals surface area (Å²) in [5.74, 6) is 1.68. The van der Waals surface area contributed by atoms with Gasteiger partial charge in [0.05, 0.1) is 5.02 Å². The third kappa shape index (κ3) is 3.33. The van der Waals surface area contributed by atoms with Crippen molar-refractivity contribution in [3.05, 3.63) is 23.4 Å². The standard InChI is InChI=1S/C13H20ClN3/c1-2-17(10-11-5-8-15-9-6-11)13-12(14)4-3-7-16-13/h3-4,7,11,15H,2,5-6,8-10H2,1H3. The molecule has 0 saturated carbocycles. The van der Waals surface area contributed by atoms with E-state index < -0.39 is 0 Å². The summed E-state index contributed by atoms with van der Waals surface area (Å²) in [6.07, 6.45) is 4.31. The van der Waals surface area contributed by atoms with Gasteiger partial charge in [0, 0.05) is 19.3 Å². The summed E-state index contributed by atoms with van der Waals surface area (Å²) in [7, 11) is 0. The van der Waals surface area contributed by atoms with Crippen LogP contribution in [-0.2, 0) is 0 Å². The van der Waals surface area contributed by atoms with Crippen molar-refractivity contribution in [3.63, 3.8) is 0 Å². The second-order valence-electron chi connectivity index (χ2n) is 4.54. The summed E-state index contributed by atoms with van der Waals surface area (Å²) in [4.78, 5) is 6.68. The Kier molecular flexibility index (Phi) is 4.63. The Morgan fingerprint density at radius 2 is 2.24 bits per heavy atom. The van der Waals surface area contributed by atoms with Gasteiger partial charge in [0.25, 0.3) is 0 Å². The van der Waals surface area contributed by atoms with E-state index in [0.29, 0.717) is 0 Å². The van der Waals surface area contributed by atoms with Crippen molar-refractivity contribution < 1.29 is 0 Å². The molecule has 1 aromatic heterocycles. The first kappa shape index (κ1) is 12.7. The number of piperidine rings is 1. The first-order valence-electron chi connectivity index (χ1n) is 6.37. The van der Waals surface area contributed by atoms with Gasteiger partial charge in [0.2, 0.25) is 0 Å². The molecule has 0 aromatic carbocycles. The minimum absolute atomic E-state index is 0.753. The van der Waals surface area contributed by atoms with Crippen LogP contribution < -0.4 is 10.2 Å². The Bertz CT molecular complexity index is 350. The minimum atomic E-state index is 0.753. The number of anilines is 1. The molecule has 17 heavy (non-hydrogen) atoms. The van der Waals surface area contributed by atoms with Crippen LogP contribution in [0.4, 0.5) is 5.82 Å². The zero-order valence-corrected chi connectivity index (χ0v) is 11.1. The molecule has 0 atom stereocenters. The predicted molar refractivity (Wildman–Crippen MR) is 72.7 cm³/mol. The molecule has 2 rings (SSSR count). The number of pyridine rings is 1. The average molecular weight is 254 g/mol. The van der Waals surface area contributed by atoms with E-state index in [1.807, 2.05) is 18.3 Å². The molecule has 4 heteroatoms. The second kappa shape index (κ2) is 6.22. The van der Waals surface area contributed by atoms with E-state index in [4.69, 9.17) is 11.6 Å². The summed E-state index contributed by atoms with van der Waals surface area (Å²) in [6, 6.07) is 3.79. The van der Waals surface area contributed by atoms with Gasteiger partial charge in [0.1, 0.15) is 5.82 Å². The SMILES string of the molecule is CCN(CC1CCNCC1)c1ncccc1Cl. The third-order valence-electron chi connectivity index (χ3n) is 3.36. The molecule has 0 aliphatic carbocycles. The fourth-order valence-electron chi connectivity index (χ4n) is 2.35. The fourth-order valence-corrected chi connectivity index (χ4v) is 2.59. The number of hydrogen-bond acceptors (Lipinski definition) is 3. The molecule has 1 N–H and O–H groups in total. The number of nitrogens with zero attached hydrogens (tertiary/aromatic N) is 2. The number of nitrogens with one attached hydrogen (secondary N) is 1. The van der Waals surface area contributed by atoms with Crippen molar-refractivity contribution in [3.8, 4) is 0 Å². The highest BCUT2D eigenvalue weighted by Gasteiger charge is 2.18. The molecule has 0 bridgehead atoms. The van der Waals surface area contributed by atoms with Crippen LogP contribution in [-0.4, -0.2) is 31.2 Å². The van der Waals surface area contributed by atoms with Crippen molar-refractivity contribution in [2.75, 3.05) is 31.1 Å². The van der Waals surface area contributed by atoms with Gasteiger partial charge in [-0.15, -0.1) is 0 Å². The molecule has 0 radical (unpaired) electrons. The topological polar surface area (TPSA) is 28.2 Å². The normalized spacial score (nSPS) is 17.1. The molecule has 1 saturated heterocycles. The average Bonchev–Trinajstić information content (AvgIpc) is 2.38. The van der Waals surface area contributed by atoms with Crippen LogP contribution in [0.15, 0.2) is 18.3 Å². The maximum atomic E-state index is 6.20. The highest BCUT2D eigenvalue weighted by molar-refractivity contribution is 6.32. The van der Waals surface area contributed by atoms with Crippen LogP contribution in [0.2, 0.25) is 5.02 Å². The molecule has 0 spiro atoms. The van der Waals surface area contributed by atoms with E-state index in [0.717, 1.165) is 42.9 Å². The minimum Gasteiger partial charge on any atom is -0.355 e. The van der Waals surface area contributed by atoms with Crippen LogP contribution >= 0.6 is 11.6 Å². The molecule has 2 heterocycles. The second-order valence-corrected chi connectivity index (χ2v) is 4.95. The number of hydrogen-bond donors (Lipinski definition) is 1. The van der Waals surface area contributed by atoms with E-state index in [2.05, 4.69) is 22.1 Å². The van der Waals surface area contributed by atoms with Crippen molar-refractivity contribution in [2.24, 2.45) is 5.92 Å². The van der Waals surface area contributed by atoms with Crippen LogP contribution in [0, 0.1) is 5.92 Å². The first-order valence-corrected chi connectivity index (χ1v) is 6.75. The molecule has 0 amide bonds. The molecule has 3 nitrogen and oxygen atoms in total. The monoisotopic (exact) mass is 253 g/mol. The van der Waals surface area contributed by atoms with Crippen LogP contribution in [0.1, 0.15) is 19.8 Å². The van der Waals surface area contributed by atoms with Gasteiger partial charge in [-0.05, 0) is 50.9 Å². The lowest BCUT2D eigenvalue weighted by Gasteiger charge is -2.30. The quantitative estimate of drug-likeness (QED) is 0.894. The van der Waals surface area contributed by atoms with Crippen LogP contribution in [0.5, 0.6) is 0 Å². The third-order valence-corrected chi connectivity index (χ3v) is 3.65. The largest absolute Gasteiger partial charge is 0.355 e. The molecular formula is C13H20ClN3. The van der Waals surface area contributed by atoms with Crippen molar-refractivity contribution in [1.29, 1.82) is 0 Å². The van der Waals surface area contributed by atoms with Gasteiger partial charge >= 0.3 is 0 Å². The zero-order valence-electron chi connectivity index (χ0n) is 10.3. The smallest absolute Gasteiger partial charge is 0.147 e. The first-order chi connectivity index (χ1) is 8.31. The molecular weight excluding hydrogens is 234 g/mol. The van der Waals surface area contributed by atoms with Gasteiger partial charge in [0.15, 0.2) is 0 Å². The maximum absolute atomic E-state index is 6.20. The Hall–Kier alpha value is -0.800. The highest BCUT2D eigenvalue weighted by atomic mass is 35.5. The van der Waals surface area contributed by atoms with Crippen molar-refractivity contribution in [2.45, 2.75) is 19.8 Å². The molecule has 1 aliphatic rings. The Morgan fingerprint density at radius 1 is 1.47 bits per heavy atom. The van der Waals surface area contributed by atoms with Gasteiger partial charge < -0.3 is 10.2 Å². The van der Waals surface area contributed by atoms with E-state index >= 15 is 0 Å². The summed E-state index contributed by atoms with van der Waals surface area (Å²) >= 11 is 6.20.